The standard InChI is InChI=1S/C28H28N4O5S2/c1-5-14-32-23(15-18-6-10-20(35-2)11-7-18)30-31-28(32)39-17-24(33)29-26-25(27(34)37-4)22(16-38-26)19-8-12-21(36-3)13-9-19/h5-13,16H,1,14-15,17H2,2-4H3,(H,29,33). The molecule has 0 atom stereocenters. The molecule has 2 heterocycles. The molecule has 2 aromatic carbocycles. The highest BCUT2D eigenvalue weighted by Gasteiger charge is 2.23. The van der Waals surface area contributed by atoms with E-state index in [1.807, 2.05) is 58.5 Å². The number of thioether (sulfide) groups is 1. The number of carbonyl (C=O) groups excluding carboxylic acids is 2. The lowest BCUT2D eigenvalue weighted by atomic mass is 10.0. The van der Waals surface area contributed by atoms with Crippen LogP contribution >= 0.6 is 23.1 Å². The number of carbonyl (C=O) groups is 2. The van der Waals surface area contributed by atoms with Crippen LogP contribution in [0.1, 0.15) is 21.7 Å². The van der Waals surface area contributed by atoms with Gasteiger partial charge in [0, 0.05) is 23.9 Å². The molecule has 1 N–H and O–H groups in total. The van der Waals surface area contributed by atoms with Gasteiger partial charge in [-0.05, 0) is 35.4 Å². The largest absolute Gasteiger partial charge is 0.497 e. The number of nitrogens with one attached hydrogen (secondary N) is 1. The molecule has 0 saturated carbocycles. The molecule has 0 fully saturated rings. The summed E-state index contributed by atoms with van der Waals surface area (Å²) in [7, 11) is 4.53. The summed E-state index contributed by atoms with van der Waals surface area (Å²) in [5.41, 5.74) is 2.85. The number of allylic oxidation sites excluding steroid dienone is 1. The molecule has 0 aliphatic heterocycles. The maximum atomic E-state index is 12.9. The molecule has 0 unspecified atom stereocenters. The van der Waals surface area contributed by atoms with E-state index in [4.69, 9.17) is 14.2 Å². The van der Waals surface area contributed by atoms with Crippen LogP contribution in [0, 0.1) is 0 Å². The van der Waals surface area contributed by atoms with E-state index in [1.54, 1.807) is 20.3 Å². The molecule has 9 nitrogen and oxygen atoms in total. The van der Waals surface area contributed by atoms with Crippen LogP contribution in [-0.4, -0.2) is 53.7 Å². The van der Waals surface area contributed by atoms with E-state index >= 15 is 0 Å². The zero-order valence-electron chi connectivity index (χ0n) is 21.8. The predicted molar refractivity (Wildman–Crippen MR) is 153 cm³/mol. The molecule has 11 heteroatoms. The Bertz CT molecular complexity index is 1450. The van der Waals surface area contributed by atoms with Crippen molar-refractivity contribution in [3.05, 3.63) is 83.5 Å². The number of ether oxygens (including phenoxy) is 3. The van der Waals surface area contributed by atoms with Gasteiger partial charge in [-0.15, -0.1) is 28.1 Å². The van der Waals surface area contributed by atoms with Gasteiger partial charge in [0.15, 0.2) is 5.16 Å². The number of hydrogen-bond acceptors (Lipinski definition) is 9. The van der Waals surface area contributed by atoms with Crippen LogP contribution in [0.4, 0.5) is 5.00 Å². The Morgan fingerprint density at radius 1 is 1.03 bits per heavy atom. The van der Waals surface area contributed by atoms with Gasteiger partial charge in [-0.1, -0.05) is 42.1 Å². The van der Waals surface area contributed by atoms with Gasteiger partial charge in [0.1, 0.15) is 27.9 Å². The van der Waals surface area contributed by atoms with E-state index in [0.717, 1.165) is 22.7 Å². The quantitative estimate of drug-likeness (QED) is 0.140. The second kappa shape index (κ2) is 13.1. The average molecular weight is 565 g/mol. The smallest absolute Gasteiger partial charge is 0.341 e. The van der Waals surface area contributed by atoms with E-state index < -0.39 is 5.97 Å². The van der Waals surface area contributed by atoms with Crippen molar-refractivity contribution in [1.82, 2.24) is 14.8 Å². The Balaban J connectivity index is 1.47. The minimum absolute atomic E-state index is 0.0776. The summed E-state index contributed by atoms with van der Waals surface area (Å²) in [6.45, 7) is 4.34. The van der Waals surface area contributed by atoms with Crippen LogP contribution in [0.25, 0.3) is 11.1 Å². The normalized spacial score (nSPS) is 10.6. The van der Waals surface area contributed by atoms with Gasteiger partial charge in [0.25, 0.3) is 0 Å². The summed E-state index contributed by atoms with van der Waals surface area (Å²) in [5, 5.41) is 14.4. The van der Waals surface area contributed by atoms with Crippen molar-refractivity contribution in [1.29, 1.82) is 0 Å². The number of anilines is 1. The van der Waals surface area contributed by atoms with Crippen molar-refractivity contribution in [3.8, 4) is 22.6 Å². The van der Waals surface area contributed by atoms with Gasteiger partial charge >= 0.3 is 5.97 Å². The van der Waals surface area contributed by atoms with Crippen LogP contribution < -0.4 is 14.8 Å². The summed E-state index contributed by atoms with van der Waals surface area (Å²) in [5.74, 6) is 1.52. The highest BCUT2D eigenvalue weighted by Crippen LogP contribution is 2.37. The molecule has 0 radical (unpaired) electrons. The van der Waals surface area contributed by atoms with Crippen LogP contribution in [-0.2, 0) is 22.5 Å². The minimum atomic E-state index is -0.529. The summed E-state index contributed by atoms with van der Waals surface area (Å²) in [6.07, 6.45) is 2.34. The number of methoxy groups -OCH3 is 3. The summed E-state index contributed by atoms with van der Waals surface area (Å²) in [4.78, 5) is 25.6. The molecule has 0 bridgehead atoms. The molecule has 202 valence electrons. The zero-order valence-corrected chi connectivity index (χ0v) is 23.4. The van der Waals surface area contributed by atoms with Gasteiger partial charge < -0.3 is 24.1 Å². The van der Waals surface area contributed by atoms with E-state index in [-0.39, 0.29) is 11.7 Å². The molecule has 2 aromatic heterocycles. The first-order chi connectivity index (χ1) is 19.0. The number of esters is 1. The van der Waals surface area contributed by atoms with E-state index in [1.165, 1.54) is 30.2 Å². The number of aromatic nitrogens is 3. The van der Waals surface area contributed by atoms with Crippen molar-refractivity contribution in [2.75, 3.05) is 32.4 Å². The van der Waals surface area contributed by atoms with Crippen molar-refractivity contribution in [2.45, 2.75) is 18.1 Å². The number of rotatable bonds is 12. The second-order valence-corrected chi connectivity index (χ2v) is 10.1. The number of amides is 1. The fourth-order valence-corrected chi connectivity index (χ4v) is 5.57. The first-order valence-electron chi connectivity index (χ1n) is 11.9. The summed E-state index contributed by atoms with van der Waals surface area (Å²) < 4.78 is 17.4. The molecule has 0 aliphatic carbocycles. The summed E-state index contributed by atoms with van der Waals surface area (Å²) in [6, 6.07) is 15.1. The van der Waals surface area contributed by atoms with Gasteiger partial charge in [-0.2, -0.15) is 0 Å². The lowest BCUT2D eigenvalue weighted by molar-refractivity contribution is -0.113. The Morgan fingerprint density at radius 2 is 1.69 bits per heavy atom. The molecule has 4 rings (SSSR count). The number of benzene rings is 2. The monoisotopic (exact) mass is 564 g/mol. The fourth-order valence-electron chi connectivity index (χ4n) is 3.83. The predicted octanol–water partition coefficient (Wildman–Crippen LogP) is 5.32. The number of thiophene rings is 1. The van der Waals surface area contributed by atoms with Crippen LogP contribution in [0.2, 0.25) is 0 Å². The van der Waals surface area contributed by atoms with Gasteiger partial charge in [0.05, 0.1) is 27.1 Å². The maximum Gasteiger partial charge on any atom is 0.341 e. The first-order valence-corrected chi connectivity index (χ1v) is 13.8. The molecular weight excluding hydrogens is 536 g/mol. The lowest BCUT2D eigenvalue weighted by Gasteiger charge is -2.09. The third-order valence-electron chi connectivity index (χ3n) is 5.79. The van der Waals surface area contributed by atoms with E-state index in [9.17, 15) is 9.59 Å². The minimum Gasteiger partial charge on any atom is -0.497 e. The topological polar surface area (TPSA) is 105 Å². The number of nitrogens with zero attached hydrogens (tertiary/aromatic N) is 3. The molecule has 4 aromatic rings. The maximum absolute atomic E-state index is 12.9. The third kappa shape index (κ3) is 6.68. The molecule has 39 heavy (non-hydrogen) atoms. The van der Waals surface area contributed by atoms with Crippen LogP contribution in [0.15, 0.2) is 71.7 Å². The lowest BCUT2D eigenvalue weighted by Crippen LogP contribution is -2.16. The van der Waals surface area contributed by atoms with Crippen molar-refractivity contribution >= 4 is 40.0 Å². The Morgan fingerprint density at radius 3 is 2.31 bits per heavy atom. The van der Waals surface area contributed by atoms with Crippen LogP contribution in [0.5, 0.6) is 11.5 Å². The SMILES string of the molecule is C=CCn1c(Cc2ccc(OC)cc2)nnc1SCC(=O)Nc1scc(-c2ccc(OC)cc2)c1C(=O)OC. The zero-order chi connectivity index (χ0) is 27.8. The van der Waals surface area contributed by atoms with Gasteiger partial charge in [-0.3, -0.25) is 4.79 Å². The highest BCUT2D eigenvalue weighted by molar-refractivity contribution is 7.99. The Kier molecular flexibility index (Phi) is 9.40. The molecule has 0 saturated heterocycles. The first kappa shape index (κ1) is 27.9. The fraction of sp³-hybridized carbons (Fsp3) is 0.214. The van der Waals surface area contributed by atoms with Gasteiger partial charge in [0.2, 0.25) is 5.91 Å². The molecule has 1 amide bonds. The third-order valence-corrected chi connectivity index (χ3v) is 7.66. The second-order valence-electron chi connectivity index (χ2n) is 8.23. The van der Waals surface area contributed by atoms with E-state index in [2.05, 4.69) is 22.1 Å². The van der Waals surface area contributed by atoms with Crippen molar-refractivity contribution < 1.29 is 23.8 Å². The van der Waals surface area contributed by atoms with Crippen molar-refractivity contribution in [2.24, 2.45) is 0 Å². The van der Waals surface area contributed by atoms with E-state index in [0.29, 0.717) is 40.0 Å². The molecular formula is C28H28N4O5S2. The highest BCUT2D eigenvalue weighted by atomic mass is 32.2. The average Bonchev–Trinajstić information content (AvgIpc) is 3.55. The molecule has 0 spiro atoms. The molecule has 0 aliphatic rings. The van der Waals surface area contributed by atoms with Crippen LogP contribution in [0.3, 0.4) is 0 Å². The Labute approximate surface area is 234 Å². The van der Waals surface area contributed by atoms with Crippen molar-refractivity contribution in [3.63, 3.8) is 0 Å². The number of hydrogen-bond donors (Lipinski definition) is 1. The van der Waals surface area contributed by atoms with Gasteiger partial charge in [-0.25, -0.2) is 4.79 Å². The summed E-state index contributed by atoms with van der Waals surface area (Å²) >= 11 is 2.53. The Hall–Kier alpha value is -4.09.